The van der Waals surface area contributed by atoms with Crippen molar-refractivity contribution >= 4 is 15.9 Å². The molecule has 0 radical (unpaired) electrons. The van der Waals surface area contributed by atoms with Gasteiger partial charge in [0.2, 0.25) is 0 Å². The van der Waals surface area contributed by atoms with Crippen molar-refractivity contribution in [3.05, 3.63) is 59.7 Å². The second-order valence-corrected chi connectivity index (χ2v) is 12.7. The molecule has 2 aromatic carbocycles. The Morgan fingerprint density at radius 3 is 2.13 bits per heavy atom. The summed E-state index contributed by atoms with van der Waals surface area (Å²) in [7, 11) is 0. The molecule has 3 fully saturated rings. The van der Waals surface area contributed by atoms with Crippen molar-refractivity contribution < 1.29 is 0 Å². The van der Waals surface area contributed by atoms with E-state index in [0.717, 1.165) is 46.3 Å². The first-order valence-electron chi connectivity index (χ1n) is 12.9. The molecule has 4 aliphatic carbocycles. The summed E-state index contributed by atoms with van der Waals surface area (Å²) in [5.74, 6) is 7.36. The highest BCUT2D eigenvalue weighted by Gasteiger charge is 2.51. The summed E-state index contributed by atoms with van der Waals surface area (Å²) >= 11 is 3.98. The summed E-state index contributed by atoms with van der Waals surface area (Å²) < 4.78 is 0. The molecule has 3 saturated carbocycles. The van der Waals surface area contributed by atoms with E-state index in [4.69, 9.17) is 0 Å². The van der Waals surface area contributed by atoms with E-state index >= 15 is 0 Å². The van der Waals surface area contributed by atoms with Crippen molar-refractivity contribution in [2.24, 2.45) is 41.4 Å². The van der Waals surface area contributed by atoms with Crippen LogP contribution in [-0.4, -0.2) is 4.83 Å². The zero-order valence-electron chi connectivity index (χ0n) is 19.1. The molecule has 31 heavy (non-hydrogen) atoms. The van der Waals surface area contributed by atoms with Crippen molar-refractivity contribution in [2.75, 3.05) is 0 Å². The predicted octanol–water partition coefficient (Wildman–Crippen LogP) is 8.69. The number of rotatable bonds is 3. The van der Waals surface area contributed by atoms with Crippen LogP contribution in [0.15, 0.2) is 48.5 Å². The van der Waals surface area contributed by atoms with E-state index in [-0.39, 0.29) is 0 Å². The van der Waals surface area contributed by atoms with E-state index in [1.165, 1.54) is 56.1 Å². The Balaban J connectivity index is 1.23. The van der Waals surface area contributed by atoms with Crippen LogP contribution in [0.1, 0.15) is 75.8 Å². The summed E-state index contributed by atoms with van der Waals surface area (Å²) in [5, 5.41) is 0. The molecule has 0 N–H and O–H groups in total. The van der Waals surface area contributed by atoms with Gasteiger partial charge in [0.05, 0.1) is 0 Å². The minimum Gasteiger partial charge on any atom is -0.0891 e. The van der Waals surface area contributed by atoms with Gasteiger partial charge in [0.1, 0.15) is 0 Å². The first kappa shape index (κ1) is 20.5. The van der Waals surface area contributed by atoms with Crippen molar-refractivity contribution in [2.45, 2.75) is 69.5 Å². The molecule has 2 aromatic rings. The molecule has 0 heterocycles. The normalized spacial score (nSPS) is 38.9. The van der Waals surface area contributed by atoms with Gasteiger partial charge >= 0.3 is 0 Å². The molecule has 0 aliphatic heterocycles. The van der Waals surface area contributed by atoms with Gasteiger partial charge in [-0.3, -0.25) is 0 Å². The van der Waals surface area contributed by atoms with Crippen LogP contribution < -0.4 is 0 Å². The van der Waals surface area contributed by atoms with E-state index in [9.17, 15) is 0 Å². The largest absolute Gasteiger partial charge is 0.0891 e. The fourth-order valence-corrected chi connectivity index (χ4v) is 9.51. The summed E-state index contributed by atoms with van der Waals surface area (Å²) in [6.45, 7) is 5.21. The number of hydrogen-bond donors (Lipinski definition) is 0. The molecule has 8 unspecified atom stereocenters. The zero-order chi connectivity index (χ0) is 21.1. The van der Waals surface area contributed by atoms with Crippen LogP contribution in [0.2, 0.25) is 0 Å². The van der Waals surface area contributed by atoms with Crippen LogP contribution >= 0.6 is 15.9 Å². The Morgan fingerprint density at radius 2 is 1.42 bits per heavy atom. The maximum atomic E-state index is 3.98. The van der Waals surface area contributed by atoms with E-state index in [1.54, 1.807) is 11.1 Å². The van der Waals surface area contributed by atoms with Gasteiger partial charge in [-0.2, -0.15) is 0 Å². The number of hydrogen-bond acceptors (Lipinski definition) is 0. The maximum Gasteiger partial charge on any atom is 0.0148 e. The standard InChI is InChI=1S/C30H37Br/c1-18-15-29-19(2)23-12-11-21(31)16-20(23)17-30(29)22(18)13-14-28-26-9-5-3-7-24(26)25-8-4-6-10-27(25)28/h3-10,18-23,28-30H,11-17H2,1-2H3. The smallest absolute Gasteiger partial charge is 0.0148 e. The Morgan fingerprint density at radius 1 is 0.742 bits per heavy atom. The molecule has 6 rings (SSSR count). The summed E-state index contributed by atoms with van der Waals surface area (Å²) in [4.78, 5) is 0.779. The summed E-state index contributed by atoms with van der Waals surface area (Å²) in [6, 6.07) is 18.4. The molecule has 0 spiro atoms. The van der Waals surface area contributed by atoms with Crippen LogP contribution in [0.3, 0.4) is 0 Å². The monoisotopic (exact) mass is 476 g/mol. The fourth-order valence-electron chi connectivity index (χ4n) is 8.76. The quantitative estimate of drug-likeness (QED) is 0.388. The van der Waals surface area contributed by atoms with Gasteiger partial charge in [0.15, 0.2) is 0 Å². The van der Waals surface area contributed by atoms with Gasteiger partial charge in [0, 0.05) is 10.7 Å². The highest BCUT2D eigenvalue weighted by molar-refractivity contribution is 9.09. The molecule has 164 valence electrons. The number of benzene rings is 2. The van der Waals surface area contributed by atoms with Crippen molar-refractivity contribution in [1.29, 1.82) is 0 Å². The third-order valence-electron chi connectivity index (χ3n) is 10.1. The van der Waals surface area contributed by atoms with Crippen LogP contribution in [0.25, 0.3) is 11.1 Å². The Kier molecular flexibility index (Phi) is 5.33. The third-order valence-corrected chi connectivity index (χ3v) is 11.0. The van der Waals surface area contributed by atoms with Crippen molar-refractivity contribution in [3.63, 3.8) is 0 Å². The van der Waals surface area contributed by atoms with Gasteiger partial charge in [-0.25, -0.2) is 0 Å². The first-order valence-corrected chi connectivity index (χ1v) is 13.9. The molecule has 0 bridgehead atoms. The van der Waals surface area contributed by atoms with Crippen molar-refractivity contribution in [1.82, 2.24) is 0 Å². The molecule has 0 saturated heterocycles. The Hall–Kier alpha value is -1.08. The lowest BCUT2D eigenvalue weighted by atomic mass is 9.58. The van der Waals surface area contributed by atoms with E-state index < -0.39 is 0 Å². The second-order valence-electron chi connectivity index (χ2n) is 11.4. The summed E-state index contributed by atoms with van der Waals surface area (Å²) in [5.41, 5.74) is 6.13. The number of alkyl halides is 1. The lowest BCUT2D eigenvalue weighted by Gasteiger charge is -2.48. The molecular weight excluding hydrogens is 440 g/mol. The highest BCUT2D eigenvalue weighted by atomic mass is 79.9. The molecule has 8 atom stereocenters. The minimum absolute atomic E-state index is 0.606. The number of fused-ring (bicyclic) bond motifs is 5. The predicted molar refractivity (Wildman–Crippen MR) is 135 cm³/mol. The van der Waals surface area contributed by atoms with Gasteiger partial charge in [-0.05, 0) is 109 Å². The van der Waals surface area contributed by atoms with Crippen LogP contribution in [0, 0.1) is 41.4 Å². The Labute approximate surface area is 197 Å². The molecule has 0 amide bonds. The summed E-state index contributed by atoms with van der Waals surface area (Å²) in [6.07, 6.45) is 10.1. The maximum absolute atomic E-state index is 3.98. The Bertz CT molecular complexity index is 899. The average molecular weight is 478 g/mol. The third kappa shape index (κ3) is 3.36. The number of halogens is 1. The van der Waals surface area contributed by atoms with Gasteiger partial charge < -0.3 is 0 Å². The highest BCUT2D eigenvalue weighted by Crippen LogP contribution is 2.59. The van der Waals surface area contributed by atoms with Gasteiger partial charge in [0.25, 0.3) is 0 Å². The fraction of sp³-hybridized carbons (Fsp3) is 0.600. The van der Waals surface area contributed by atoms with Crippen LogP contribution in [-0.2, 0) is 0 Å². The van der Waals surface area contributed by atoms with E-state index in [2.05, 4.69) is 78.3 Å². The van der Waals surface area contributed by atoms with Crippen molar-refractivity contribution in [3.8, 4) is 11.1 Å². The van der Waals surface area contributed by atoms with Gasteiger partial charge in [-0.1, -0.05) is 78.3 Å². The first-order chi connectivity index (χ1) is 15.1. The molecular formula is C30H37Br. The SMILES string of the molecule is CC1CC2C(C)C3CCC(Br)CC3CC2C1CCC1c2ccccc2-c2ccccc21. The van der Waals surface area contributed by atoms with E-state index in [1.807, 2.05) is 0 Å². The van der Waals surface area contributed by atoms with E-state index in [0.29, 0.717) is 5.92 Å². The topological polar surface area (TPSA) is 0 Å². The lowest BCUT2D eigenvalue weighted by Crippen LogP contribution is -2.41. The molecule has 0 aromatic heterocycles. The van der Waals surface area contributed by atoms with Crippen LogP contribution in [0.5, 0.6) is 0 Å². The lowest BCUT2D eigenvalue weighted by molar-refractivity contribution is 0.0222. The minimum atomic E-state index is 0.606. The zero-order valence-corrected chi connectivity index (χ0v) is 20.7. The molecule has 1 heteroatoms. The second kappa shape index (κ2) is 8.05. The average Bonchev–Trinajstić information content (AvgIpc) is 3.27. The molecule has 0 nitrogen and oxygen atoms in total. The van der Waals surface area contributed by atoms with Crippen LogP contribution in [0.4, 0.5) is 0 Å². The van der Waals surface area contributed by atoms with Gasteiger partial charge in [-0.15, -0.1) is 0 Å². The molecule has 4 aliphatic rings.